The number of carbonyl (C=O) groups excluding carboxylic acids is 1. The van der Waals surface area contributed by atoms with Gasteiger partial charge in [0, 0.05) is 6.42 Å². The van der Waals surface area contributed by atoms with E-state index in [0.29, 0.717) is 16.6 Å². The van der Waals surface area contributed by atoms with Crippen molar-refractivity contribution >= 4 is 44.2 Å². The van der Waals surface area contributed by atoms with Crippen molar-refractivity contribution in [2.45, 2.75) is 44.9 Å². The molecule has 24 heavy (non-hydrogen) atoms. The predicted octanol–water partition coefficient (Wildman–Crippen LogP) is 5.49. The largest absolute Gasteiger partial charge is 0.302 e. The number of nitrogens with one attached hydrogen (secondary N) is 1. The Morgan fingerprint density at radius 1 is 1.21 bits per heavy atom. The number of rotatable bonds is 3. The zero-order valence-corrected chi connectivity index (χ0v) is 15.1. The first kappa shape index (κ1) is 15.2. The summed E-state index contributed by atoms with van der Waals surface area (Å²) in [5.41, 5.74) is 1.06. The molecular weight excluding hydrogens is 340 g/mol. The van der Waals surface area contributed by atoms with E-state index >= 15 is 0 Å². The summed E-state index contributed by atoms with van der Waals surface area (Å²) < 4.78 is 1.02. The summed E-state index contributed by atoms with van der Waals surface area (Å²) in [6.07, 6.45) is 8.69. The molecule has 4 saturated carbocycles. The van der Waals surface area contributed by atoms with E-state index in [0.717, 1.165) is 28.0 Å². The highest BCUT2D eigenvalue weighted by molar-refractivity contribution is 7.22. The Morgan fingerprint density at radius 2 is 1.88 bits per heavy atom. The van der Waals surface area contributed by atoms with Crippen LogP contribution in [0.2, 0.25) is 5.02 Å². The molecule has 1 N–H and O–H groups in total. The molecule has 0 saturated heterocycles. The van der Waals surface area contributed by atoms with Crippen molar-refractivity contribution < 1.29 is 4.79 Å². The van der Waals surface area contributed by atoms with Gasteiger partial charge in [-0.2, -0.15) is 0 Å². The van der Waals surface area contributed by atoms with Gasteiger partial charge in [0.15, 0.2) is 5.13 Å². The Bertz CT molecular complexity index is 780. The van der Waals surface area contributed by atoms with Crippen molar-refractivity contribution in [2.75, 3.05) is 5.32 Å². The number of hydrogen-bond acceptors (Lipinski definition) is 3. The maximum atomic E-state index is 12.7. The molecule has 4 aliphatic carbocycles. The van der Waals surface area contributed by atoms with E-state index in [4.69, 9.17) is 11.6 Å². The van der Waals surface area contributed by atoms with Gasteiger partial charge in [0.2, 0.25) is 5.91 Å². The maximum absolute atomic E-state index is 12.7. The monoisotopic (exact) mass is 360 g/mol. The molecule has 0 spiro atoms. The van der Waals surface area contributed by atoms with E-state index in [1.54, 1.807) is 0 Å². The lowest BCUT2D eigenvalue weighted by molar-refractivity contribution is -0.124. The third-order valence-electron chi connectivity index (χ3n) is 6.32. The summed E-state index contributed by atoms with van der Waals surface area (Å²) in [5, 5.41) is 4.36. The highest BCUT2D eigenvalue weighted by Crippen LogP contribution is 2.61. The molecule has 0 atom stereocenters. The topological polar surface area (TPSA) is 42.0 Å². The molecule has 2 aromatic rings. The van der Waals surface area contributed by atoms with Crippen LogP contribution in [0.3, 0.4) is 0 Å². The van der Waals surface area contributed by atoms with Crippen LogP contribution in [0, 0.1) is 23.2 Å². The van der Waals surface area contributed by atoms with Crippen LogP contribution in [0.1, 0.15) is 44.9 Å². The van der Waals surface area contributed by atoms with Crippen LogP contribution in [0.25, 0.3) is 10.2 Å². The molecule has 4 bridgehead atoms. The molecule has 0 aliphatic heterocycles. The fourth-order valence-corrected chi connectivity index (χ4v) is 7.16. The van der Waals surface area contributed by atoms with Crippen LogP contribution < -0.4 is 5.32 Å². The van der Waals surface area contributed by atoms with Gasteiger partial charge in [-0.25, -0.2) is 4.98 Å². The van der Waals surface area contributed by atoms with E-state index < -0.39 is 0 Å². The van der Waals surface area contributed by atoms with Crippen molar-refractivity contribution in [2.24, 2.45) is 23.2 Å². The summed E-state index contributed by atoms with van der Waals surface area (Å²) in [6.45, 7) is 0. The fraction of sp³-hybridized carbons (Fsp3) is 0.579. The van der Waals surface area contributed by atoms with Crippen molar-refractivity contribution in [3.8, 4) is 0 Å². The highest BCUT2D eigenvalue weighted by Gasteiger charge is 2.51. The number of carbonyl (C=O) groups is 1. The zero-order chi connectivity index (χ0) is 16.3. The Kier molecular flexibility index (Phi) is 3.43. The summed E-state index contributed by atoms with van der Waals surface area (Å²) in [6, 6.07) is 5.75. The summed E-state index contributed by atoms with van der Waals surface area (Å²) in [5.74, 6) is 2.77. The first-order chi connectivity index (χ1) is 11.6. The smallest absolute Gasteiger partial charge is 0.226 e. The molecule has 5 heteroatoms. The molecule has 1 aromatic carbocycles. The van der Waals surface area contributed by atoms with Gasteiger partial charge in [0.05, 0.1) is 9.72 Å². The number of thiazole rings is 1. The number of aromatic nitrogens is 1. The minimum Gasteiger partial charge on any atom is -0.302 e. The second-order valence-electron chi connectivity index (χ2n) is 8.25. The molecular formula is C19H21ClN2OS. The number of benzene rings is 1. The standard InChI is InChI=1S/C19H21ClN2OS/c20-14-2-1-3-15-17(14)22-18(24-15)21-16(23)10-19-7-11-4-12(8-19)6-13(5-11)9-19/h1-3,11-13H,4-10H2,(H,21,22,23). The summed E-state index contributed by atoms with van der Waals surface area (Å²) in [7, 11) is 0. The molecule has 1 heterocycles. The number of halogens is 1. The molecule has 4 fully saturated rings. The van der Waals surface area contributed by atoms with E-state index in [-0.39, 0.29) is 11.3 Å². The summed E-state index contributed by atoms with van der Waals surface area (Å²) >= 11 is 7.69. The van der Waals surface area contributed by atoms with Crippen LogP contribution >= 0.6 is 22.9 Å². The fourth-order valence-electron chi connectivity index (χ4n) is 5.98. The van der Waals surface area contributed by atoms with Gasteiger partial charge in [0.1, 0.15) is 5.52 Å². The average molecular weight is 361 g/mol. The SMILES string of the molecule is O=C(CC12CC3CC(CC(C3)C1)C2)Nc1nc2c(Cl)cccc2s1. The zero-order valence-electron chi connectivity index (χ0n) is 13.6. The lowest BCUT2D eigenvalue weighted by Crippen LogP contribution is -2.47. The third-order valence-corrected chi connectivity index (χ3v) is 7.56. The Hall–Kier alpha value is -1.13. The van der Waals surface area contributed by atoms with Crippen LogP contribution in [-0.4, -0.2) is 10.9 Å². The molecule has 3 nitrogen and oxygen atoms in total. The van der Waals surface area contributed by atoms with Crippen molar-refractivity contribution in [1.29, 1.82) is 0 Å². The van der Waals surface area contributed by atoms with E-state index in [1.807, 2.05) is 18.2 Å². The Morgan fingerprint density at radius 3 is 2.50 bits per heavy atom. The van der Waals surface area contributed by atoms with Crippen LogP contribution in [-0.2, 0) is 4.79 Å². The van der Waals surface area contributed by atoms with Crippen molar-refractivity contribution in [3.05, 3.63) is 23.2 Å². The normalized spacial score (nSPS) is 34.0. The Labute approximate surface area is 150 Å². The number of para-hydroxylation sites is 1. The van der Waals surface area contributed by atoms with Crippen LogP contribution in [0.4, 0.5) is 5.13 Å². The molecule has 0 unspecified atom stereocenters. The predicted molar refractivity (Wildman–Crippen MR) is 98.5 cm³/mol. The number of amides is 1. The second-order valence-corrected chi connectivity index (χ2v) is 9.69. The van der Waals surface area contributed by atoms with E-state index in [9.17, 15) is 4.79 Å². The molecule has 0 radical (unpaired) electrons. The van der Waals surface area contributed by atoms with Crippen molar-refractivity contribution in [3.63, 3.8) is 0 Å². The van der Waals surface area contributed by atoms with E-state index in [1.165, 1.54) is 49.9 Å². The van der Waals surface area contributed by atoms with Gasteiger partial charge in [-0.05, 0) is 73.8 Å². The van der Waals surface area contributed by atoms with Crippen LogP contribution in [0.15, 0.2) is 18.2 Å². The molecule has 6 rings (SSSR count). The minimum absolute atomic E-state index is 0.132. The molecule has 1 aromatic heterocycles. The van der Waals surface area contributed by atoms with Gasteiger partial charge in [-0.3, -0.25) is 4.79 Å². The Balaban J connectivity index is 1.33. The first-order valence-corrected chi connectivity index (χ1v) is 10.1. The van der Waals surface area contributed by atoms with Gasteiger partial charge < -0.3 is 5.32 Å². The first-order valence-electron chi connectivity index (χ1n) is 8.93. The average Bonchev–Trinajstić information content (AvgIpc) is 2.88. The lowest BCUT2D eigenvalue weighted by Gasteiger charge is -2.56. The lowest BCUT2D eigenvalue weighted by atomic mass is 9.49. The van der Waals surface area contributed by atoms with Gasteiger partial charge in [-0.1, -0.05) is 29.0 Å². The maximum Gasteiger partial charge on any atom is 0.226 e. The molecule has 126 valence electrons. The van der Waals surface area contributed by atoms with Gasteiger partial charge in [0.25, 0.3) is 0 Å². The number of anilines is 1. The van der Waals surface area contributed by atoms with E-state index in [2.05, 4.69) is 10.3 Å². The highest BCUT2D eigenvalue weighted by atomic mass is 35.5. The van der Waals surface area contributed by atoms with Gasteiger partial charge >= 0.3 is 0 Å². The molecule has 4 aliphatic rings. The minimum atomic E-state index is 0.132. The number of hydrogen-bond donors (Lipinski definition) is 1. The molecule has 1 amide bonds. The van der Waals surface area contributed by atoms with Crippen LogP contribution in [0.5, 0.6) is 0 Å². The van der Waals surface area contributed by atoms with Crippen molar-refractivity contribution in [1.82, 2.24) is 4.98 Å². The number of fused-ring (bicyclic) bond motifs is 1. The second kappa shape index (κ2) is 5.43. The number of nitrogens with zero attached hydrogens (tertiary/aromatic N) is 1. The summed E-state index contributed by atoms with van der Waals surface area (Å²) in [4.78, 5) is 17.2. The third kappa shape index (κ3) is 2.55. The van der Waals surface area contributed by atoms with Gasteiger partial charge in [-0.15, -0.1) is 0 Å². The quantitative estimate of drug-likeness (QED) is 0.785.